The molecular weight excluding hydrogens is 366 g/mol. The Labute approximate surface area is 171 Å². The monoisotopic (exact) mass is 393 g/mol. The summed E-state index contributed by atoms with van der Waals surface area (Å²) in [5.41, 5.74) is 1.65. The van der Waals surface area contributed by atoms with Crippen LogP contribution in [0.1, 0.15) is 37.8 Å². The minimum Gasteiger partial charge on any atom is -0.349 e. The van der Waals surface area contributed by atoms with Crippen molar-refractivity contribution in [2.45, 2.75) is 32.2 Å². The molecule has 2 N–H and O–H groups in total. The van der Waals surface area contributed by atoms with E-state index in [1.54, 1.807) is 4.90 Å². The Bertz CT molecular complexity index is 839. The maximum absolute atomic E-state index is 12.9. The first-order valence-electron chi connectivity index (χ1n) is 9.98. The van der Waals surface area contributed by atoms with E-state index < -0.39 is 0 Å². The number of nitrogens with one attached hydrogen (secondary N) is 2. The lowest BCUT2D eigenvalue weighted by molar-refractivity contribution is -0.135. The van der Waals surface area contributed by atoms with Gasteiger partial charge in [-0.05, 0) is 30.5 Å². The van der Waals surface area contributed by atoms with Crippen LogP contribution in [-0.4, -0.2) is 35.7 Å². The van der Waals surface area contributed by atoms with E-state index in [2.05, 4.69) is 10.6 Å². The topological polar surface area (TPSA) is 78.5 Å². The highest BCUT2D eigenvalue weighted by Crippen LogP contribution is 2.23. The van der Waals surface area contributed by atoms with Gasteiger partial charge in [0.15, 0.2) is 0 Å². The first kappa shape index (κ1) is 20.6. The number of rotatable bonds is 6. The van der Waals surface area contributed by atoms with E-state index in [1.807, 2.05) is 60.7 Å². The van der Waals surface area contributed by atoms with Gasteiger partial charge in [-0.2, -0.15) is 0 Å². The summed E-state index contributed by atoms with van der Waals surface area (Å²) in [7, 11) is 0. The molecule has 2 aromatic carbocycles. The molecule has 0 aliphatic carbocycles. The third-order valence-electron chi connectivity index (χ3n) is 5.14. The van der Waals surface area contributed by atoms with Gasteiger partial charge < -0.3 is 15.5 Å². The van der Waals surface area contributed by atoms with E-state index in [0.29, 0.717) is 13.1 Å². The molecular formula is C23H27N3O3. The normalized spacial score (nSPS) is 17.3. The first-order chi connectivity index (χ1) is 14.0. The molecule has 29 heavy (non-hydrogen) atoms. The van der Waals surface area contributed by atoms with Crippen molar-refractivity contribution in [3.8, 4) is 0 Å². The lowest BCUT2D eigenvalue weighted by atomic mass is 9.95. The lowest BCUT2D eigenvalue weighted by Gasteiger charge is -2.33. The first-order valence-corrected chi connectivity index (χ1v) is 9.98. The molecule has 0 radical (unpaired) electrons. The van der Waals surface area contributed by atoms with Gasteiger partial charge in [0.1, 0.15) is 0 Å². The third-order valence-corrected chi connectivity index (χ3v) is 5.14. The summed E-state index contributed by atoms with van der Waals surface area (Å²) in [5, 5.41) is 5.80. The summed E-state index contributed by atoms with van der Waals surface area (Å²) in [6.45, 7) is 2.49. The summed E-state index contributed by atoms with van der Waals surface area (Å²) in [6, 6.07) is 18.4. The third kappa shape index (κ3) is 5.91. The zero-order valence-electron chi connectivity index (χ0n) is 16.6. The molecule has 6 nitrogen and oxygen atoms in total. The molecule has 1 aliphatic rings. The van der Waals surface area contributed by atoms with Crippen molar-refractivity contribution in [2.75, 3.05) is 18.4 Å². The Morgan fingerprint density at radius 3 is 2.34 bits per heavy atom. The molecule has 1 heterocycles. The number of hydrogen-bond acceptors (Lipinski definition) is 3. The highest BCUT2D eigenvalue weighted by molar-refractivity contribution is 5.93. The quantitative estimate of drug-likeness (QED) is 0.791. The van der Waals surface area contributed by atoms with Gasteiger partial charge in [0, 0.05) is 25.7 Å². The SMILES string of the molecule is CC(=O)NC(CC(=O)N1CCCC(C(=O)Nc2ccccc2)C1)c1ccccc1. The second-order valence-electron chi connectivity index (χ2n) is 7.40. The van der Waals surface area contributed by atoms with Crippen LogP contribution in [0.3, 0.4) is 0 Å². The van der Waals surface area contributed by atoms with Crippen molar-refractivity contribution in [1.29, 1.82) is 0 Å². The van der Waals surface area contributed by atoms with Crippen LogP contribution in [0.15, 0.2) is 60.7 Å². The summed E-state index contributed by atoms with van der Waals surface area (Å²) >= 11 is 0. The van der Waals surface area contributed by atoms with Crippen LogP contribution in [0.25, 0.3) is 0 Å². The van der Waals surface area contributed by atoms with E-state index in [9.17, 15) is 14.4 Å². The van der Waals surface area contributed by atoms with Crippen LogP contribution >= 0.6 is 0 Å². The highest BCUT2D eigenvalue weighted by Gasteiger charge is 2.30. The van der Waals surface area contributed by atoms with Crippen LogP contribution in [0.4, 0.5) is 5.69 Å². The Morgan fingerprint density at radius 2 is 1.69 bits per heavy atom. The van der Waals surface area contributed by atoms with Gasteiger partial charge in [-0.3, -0.25) is 14.4 Å². The molecule has 0 aromatic heterocycles. The Kier molecular flexibility index (Phi) is 7.00. The van der Waals surface area contributed by atoms with Crippen molar-refractivity contribution in [3.05, 3.63) is 66.2 Å². The number of amides is 3. The van der Waals surface area contributed by atoms with E-state index >= 15 is 0 Å². The van der Waals surface area contributed by atoms with E-state index in [0.717, 1.165) is 24.1 Å². The summed E-state index contributed by atoms with van der Waals surface area (Å²) < 4.78 is 0. The number of benzene rings is 2. The Balaban J connectivity index is 1.62. The molecule has 2 atom stereocenters. The zero-order valence-corrected chi connectivity index (χ0v) is 16.6. The van der Waals surface area contributed by atoms with Crippen LogP contribution in [0.5, 0.6) is 0 Å². The lowest BCUT2D eigenvalue weighted by Crippen LogP contribution is -2.45. The van der Waals surface area contributed by atoms with Gasteiger partial charge in [0.2, 0.25) is 17.7 Å². The molecule has 1 fully saturated rings. The molecule has 0 spiro atoms. The fourth-order valence-electron chi connectivity index (χ4n) is 3.67. The minimum atomic E-state index is -0.375. The van der Waals surface area contributed by atoms with Gasteiger partial charge >= 0.3 is 0 Å². The van der Waals surface area contributed by atoms with Crippen LogP contribution in [0.2, 0.25) is 0 Å². The molecule has 2 unspecified atom stereocenters. The molecule has 152 valence electrons. The second kappa shape index (κ2) is 9.87. The number of piperidine rings is 1. The van der Waals surface area contributed by atoms with Gasteiger partial charge in [0.25, 0.3) is 0 Å². The Morgan fingerprint density at radius 1 is 1.03 bits per heavy atom. The number of carbonyl (C=O) groups is 3. The fraction of sp³-hybridized carbons (Fsp3) is 0.348. The van der Waals surface area contributed by atoms with Gasteiger partial charge in [-0.25, -0.2) is 0 Å². The molecule has 0 saturated carbocycles. The molecule has 1 saturated heterocycles. The largest absolute Gasteiger partial charge is 0.349 e. The molecule has 0 bridgehead atoms. The zero-order chi connectivity index (χ0) is 20.6. The van der Waals surface area contributed by atoms with Crippen LogP contribution < -0.4 is 10.6 Å². The van der Waals surface area contributed by atoms with Crippen LogP contribution in [0, 0.1) is 5.92 Å². The summed E-state index contributed by atoms with van der Waals surface area (Å²) in [5.74, 6) is -0.519. The summed E-state index contributed by atoms with van der Waals surface area (Å²) in [4.78, 5) is 38.9. The minimum absolute atomic E-state index is 0.0511. The van der Waals surface area contributed by atoms with Crippen molar-refractivity contribution in [2.24, 2.45) is 5.92 Å². The fourth-order valence-corrected chi connectivity index (χ4v) is 3.67. The smallest absolute Gasteiger partial charge is 0.229 e. The van der Waals surface area contributed by atoms with Crippen molar-refractivity contribution < 1.29 is 14.4 Å². The van der Waals surface area contributed by atoms with Gasteiger partial charge in [-0.1, -0.05) is 48.5 Å². The van der Waals surface area contributed by atoms with Crippen molar-refractivity contribution in [1.82, 2.24) is 10.2 Å². The van der Waals surface area contributed by atoms with E-state index in [-0.39, 0.29) is 36.1 Å². The maximum Gasteiger partial charge on any atom is 0.229 e. The van der Waals surface area contributed by atoms with Crippen molar-refractivity contribution >= 4 is 23.4 Å². The predicted molar refractivity (Wildman–Crippen MR) is 112 cm³/mol. The highest BCUT2D eigenvalue weighted by atomic mass is 16.2. The number of para-hydroxylation sites is 1. The summed E-state index contributed by atoms with van der Waals surface area (Å²) in [6.07, 6.45) is 1.72. The number of likely N-dealkylation sites (tertiary alicyclic amines) is 1. The predicted octanol–water partition coefficient (Wildman–Crippen LogP) is 3.13. The standard InChI is InChI=1S/C23H27N3O3/c1-17(27)24-21(18-9-4-2-5-10-18)15-22(28)26-14-8-11-19(16-26)23(29)25-20-12-6-3-7-13-20/h2-7,9-10,12-13,19,21H,8,11,14-16H2,1H3,(H,24,27)(H,25,29). The van der Waals surface area contributed by atoms with Crippen LogP contribution in [-0.2, 0) is 14.4 Å². The molecule has 1 aliphatic heterocycles. The number of carbonyl (C=O) groups excluding carboxylic acids is 3. The van der Waals surface area contributed by atoms with Gasteiger partial charge in [0.05, 0.1) is 18.4 Å². The number of anilines is 1. The Hall–Kier alpha value is -3.15. The molecule has 6 heteroatoms. The molecule has 3 rings (SSSR count). The van der Waals surface area contributed by atoms with E-state index in [1.165, 1.54) is 6.92 Å². The second-order valence-corrected chi connectivity index (χ2v) is 7.40. The van der Waals surface area contributed by atoms with Gasteiger partial charge in [-0.15, -0.1) is 0 Å². The number of nitrogens with zero attached hydrogens (tertiary/aromatic N) is 1. The maximum atomic E-state index is 12.9. The average molecular weight is 393 g/mol. The number of hydrogen-bond donors (Lipinski definition) is 2. The molecule has 2 aromatic rings. The molecule has 3 amide bonds. The average Bonchev–Trinajstić information content (AvgIpc) is 2.74. The van der Waals surface area contributed by atoms with E-state index in [4.69, 9.17) is 0 Å². The van der Waals surface area contributed by atoms with Crippen molar-refractivity contribution in [3.63, 3.8) is 0 Å².